The molecule has 2 unspecified atom stereocenters. The SMILES string of the molecule is O=S(CS(=O)C1CCCCC1)C1CCCCC1. The molecular weight excluding hydrogens is 252 g/mol. The smallest absolute Gasteiger partial charge is 0.0997 e. The lowest BCUT2D eigenvalue weighted by Crippen LogP contribution is -2.27. The Morgan fingerprint density at radius 3 is 1.35 bits per heavy atom. The van der Waals surface area contributed by atoms with E-state index in [9.17, 15) is 8.42 Å². The van der Waals surface area contributed by atoms with E-state index in [1.807, 2.05) is 0 Å². The molecule has 0 aromatic carbocycles. The summed E-state index contributed by atoms with van der Waals surface area (Å²) in [6, 6.07) is 0. The van der Waals surface area contributed by atoms with Crippen molar-refractivity contribution in [3.05, 3.63) is 0 Å². The first-order chi connectivity index (χ1) is 8.27. The van der Waals surface area contributed by atoms with Crippen molar-refractivity contribution in [2.24, 2.45) is 0 Å². The van der Waals surface area contributed by atoms with Crippen molar-refractivity contribution >= 4 is 21.6 Å². The van der Waals surface area contributed by atoms with Gasteiger partial charge in [0.2, 0.25) is 0 Å². The highest BCUT2D eigenvalue weighted by molar-refractivity contribution is 8.02. The highest BCUT2D eigenvalue weighted by Gasteiger charge is 2.25. The number of hydrogen-bond donors (Lipinski definition) is 0. The Hall–Kier alpha value is 0.300. The third-order valence-corrected chi connectivity index (χ3v) is 8.37. The van der Waals surface area contributed by atoms with Gasteiger partial charge in [-0.1, -0.05) is 38.5 Å². The van der Waals surface area contributed by atoms with Gasteiger partial charge in [-0.2, -0.15) is 0 Å². The van der Waals surface area contributed by atoms with Gasteiger partial charge in [0.25, 0.3) is 0 Å². The number of hydrogen-bond acceptors (Lipinski definition) is 2. The highest BCUT2D eigenvalue weighted by atomic mass is 32.2. The second-order valence-electron chi connectivity index (χ2n) is 5.40. The Labute approximate surface area is 110 Å². The third kappa shape index (κ3) is 4.16. The Bertz CT molecular complexity index is 251. The Morgan fingerprint density at radius 2 is 1.00 bits per heavy atom. The van der Waals surface area contributed by atoms with E-state index in [0.29, 0.717) is 15.6 Å². The van der Waals surface area contributed by atoms with Crippen LogP contribution < -0.4 is 0 Å². The van der Waals surface area contributed by atoms with Crippen molar-refractivity contribution in [3.63, 3.8) is 0 Å². The van der Waals surface area contributed by atoms with E-state index in [1.54, 1.807) is 0 Å². The summed E-state index contributed by atoms with van der Waals surface area (Å²) in [6.07, 6.45) is 11.8. The van der Waals surface area contributed by atoms with Crippen molar-refractivity contribution in [3.8, 4) is 0 Å². The predicted molar refractivity (Wildman–Crippen MR) is 74.9 cm³/mol. The van der Waals surface area contributed by atoms with E-state index in [4.69, 9.17) is 0 Å². The van der Waals surface area contributed by atoms with Gasteiger partial charge in [0.1, 0.15) is 0 Å². The molecule has 2 saturated carbocycles. The molecule has 2 rings (SSSR count). The van der Waals surface area contributed by atoms with Gasteiger partial charge in [-0.25, -0.2) is 0 Å². The quantitative estimate of drug-likeness (QED) is 0.790. The summed E-state index contributed by atoms with van der Waals surface area (Å²) in [5.74, 6) is 0. The molecular formula is C13H24O2S2. The molecule has 2 aliphatic rings. The maximum atomic E-state index is 12.2. The van der Waals surface area contributed by atoms with Crippen molar-refractivity contribution in [1.29, 1.82) is 0 Å². The van der Waals surface area contributed by atoms with Crippen molar-refractivity contribution in [2.75, 3.05) is 5.08 Å². The largest absolute Gasteiger partial charge is 0.258 e. The molecule has 2 atom stereocenters. The van der Waals surface area contributed by atoms with Gasteiger partial charge in [-0.05, 0) is 25.7 Å². The average Bonchev–Trinajstić information content (AvgIpc) is 2.40. The fourth-order valence-corrected chi connectivity index (χ4v) is 7.14. The second kappa shape index (κ2) is 7.03. The molecule has 0 N–H and O–H groups in total. The first-order valence-corrected chi connectivity index (χ1v) is 9.78. The van der Waals surface area contributed by atoms with Crippen LogP contribution in [0.5, 0.6) is 0 Å². The monoisotopic (exact) mass is 276 g/mol. The minimum absolute atomic E-state index is 0.344. The standard InChI is InChI=1S/C13H24O2S2/c14-16(12-7-3-1-4-8-12)11-17(15)13-9-5-2-6-10-13/h12-13H,1-11H2. The van der Waals surface area contributed by atoms with Crippen molar-refractivity contribution in [1.82, 2.24) is 0 Å². The van der Waals surface area contributed by atoms with Crippen LogP contribution in [0.15, 0.2) is 0 Å². The summed E-state index contributed by atoms with van der Waals surface area (Å²) in [5.41, 5.74) is 0. The molecule has 0 heterocycles. The van der Waals surface area contributed by atoms with Gasteiger partial charge >= 0.3 is 0 Å². The summed E-state index contributed by atoms with van der Waals surface area (Å²) in [5, 5.41) is 1.14. The average molecular weight is 276 g/mol. The van der Waals surface area contributed by atoms with E-state index in [1.165, 1.54) is 38.5 Å². The van der Waals surface area contributed by atoms with E-state index in [2.05, 4.69) is 0 Å². The van der Waals surface area contributed by atoms with E-state index in [-0.39, 0.29) is 0 Å². The summed E-state index contributed by atoms with van der Waals surface area (Å²) >= 11 is 0. The van der Waals surface area contributed by atoms with Crippen molar-refractivity contribution in [2.45, 2.75) is 74.7 Å². The third-order valence-electron chi connectivity index (χ3n) is 4.08. The molecule has 0 saturated heterocycles. The molecule has 2 nitrogen and oxygen atoms in total. The molecule has 0 aromatic rings. The first kappa shape index (κ1) is 13.7. The Balaban J connectivity index is 1.78. The van der Waals surface area contributed by atoms with E-state index < -0.39 is 21.6 Å². The zero-order chi connectivity index (χ0) is 12.1. The molecule has 0 aromatic heterocycles. The molecule has 0 radical (unpaired) electrons. The summed E-state index contributed by atoms with van der Waals surface area (Å²) in [7, 11) is -1.68. The van der Waals surface area contributed by atoms with Gasteiger partial charge in [0.15, 0.2) is 0 Å². The maximum absolute atomic E-state index is 12.2. The molecule has 100 valence electrons. The Kier molecular flexibility index (Phi) is 5.67. The van der Waals surface area contributed by atoms with Crippen LogP contribution in [0, 0.1) is 0 Å². The van der Waals surface area contributed by atoms with Crippen molar-refractivity contribution < 1.29 is 8.42 Å². The topological polar surface area (TPSA) is 34.1 Å². The van der Waals surface area contributed by atoms with Gasteiger partial charge in [-0.15, -0.1) is 0 Å². The summed E-state index contributed by atoms with van der Waals surface area (Å²) < 4.78 is 24.3. The molecule has 17 heavy (non-hydrogen) atoms. The molecule has 0 aliphatic heterocycles. The van der Waals surface area contributed by atoms with Crippen LogP contribution >= 0.6 is 0 Å². The van der Waals surface area contributed by atoms with Crippen LogP contribution in [0.3, 0.4) is 0 Å². The van der Waals surface area contributed by atoms with Crippen LogP contribution in [0.25, 0.3) is 0 Å². The van der Waals surface area contributed by atoms with Crippen LogP contribution in [0.4, 0.5) is 0 Å². The van der Waals surface area contributed by atoms with Crippen LogP contribution in [-0.4, -0.2) is 24.0 Å². The lowest BCUT2D eigenvalue weighted by Gasteiger charge is -2.24. The normalized spacial score (nSPS) is 27.8. The van der Waals surface area contributed by atoms with Gasteiger partial charge < -0.3 is 0 Å². The molecule has 0 amide bonds. The maximum Gasteiger partial charge on any atom is 0.0997 e. The highest BCUT2D eigenvalue weighted by Crippen LogP contribution is 2.25. The summed E-state index contributed by atoms with van der Waals surface area (Å²) in [4.78, 5) is 0. The lowest BCUT2D eigenvalue weighted by molar-refractivity contribution is 0.502. The molecule has 0 bridgehead atoms. The molecule has 0 spiro atoms. The van der Waals surface area contributed by atoms with Gasteiger partial charge in [0.05, 0.1) is 5.08 Å². The Morgan fingerprint density at radius 1 is 0.647 bits per heavy atom. The molecule has 2 fully saturated rings. The first-order valence-electron chi connectivity index (χ1n) is 7.02. The second-order valence-corrected chi connectivity index (χ2v) is 9.20. The minimum Gasteiger partial charge on any atom is -0.258 e. The molecule has 2 aliphatic carbocycles. The van der Waals surface area contributed by atoms with E-state index >= 15 is 0 Å². The van der Waals surface area contributed by atoms with E-state index in [0.717, 1.165) is 25.7 Å². The van der Waals surface area contributed by atoms with Crippen LogP contribution in [0.1, 0.15) is 64.2 Å². The predicted octanol–water partition coefficient (Wildman–Crippen LogP) is 3.11. The fourth-order valence-electron chi connectivity index (χ4n) is 2.96. The van der Waals surface area contributed by atoms with Crippen LogP contribution in [-0.2, 0) is 21.6 Å². The van der Waals surface area contributed by atoms with Crippen LogP contribution in [0.2, 0.25) is 0 Å². The fraction of sp³-hybridized carbons (Fsp3) is 1.00. The lowest BCUT2D eigenvalue weighted by atomic mass is 10.0. The van der Waals surface area contributed by atoms with Gasteiger partial charge in [-0.3, -0.25) is 8.42 Å². The zero-order valence-corrected chi connectivity index (χ0v) is 12.2. The molecule has 4 heteroatoms. The zero-order valence-electron chi connectivity index (χ0n) is 10.6. The van der Waals surface area contributed by atoms with Gasteiger partial charge in [0, 0.05) is 32.1 Å². The minimum atomic E-state index is -0.838. The summed E-state index contributed by atoms with van der Waals surface area (Å²) in [6.45, 7) is 0. The number of rotatable bonds is 4.